The van der Waals surface area contributed by atoms with Gasteiger partial charge in [-0.25, -0.2) is 0 Å². The van der Waals surface area contributed by atoms with Gasteiger partial charge in [-0.05, 0) is 205 Å². The van der Waals surface area contributed by atoms with E-state index in [0.29, 0.717) is 47.2 Å². The molecule has 3 heteroatoms. The first-order chi connectivity index (χ1) is 25.5. The molecule has 0 aromatic carbocycles. The van der Waals surface area contributed by atoms with Gasteiger partial charge in [-0.15, -0.1) is 0 Å². The van der Waals surface area contributed by atoms with Crippen molar-refractivity contribution in [1.29, 1.82) is 0 Å². The number of fused-ring (bicyclic) bond motifs is 7. The predicted octanol–water partition coefficient (Wildman–Crippen LogP) is 13.0. The minimum Gasteiger partial charge on any atom is -0.374 e. The summed E-state index contributed by atoms with van der Waals surface area (Å²) < 4.78 is 14.6. The average Bonchev–Trinajstić information content (AvgIpc) is 3.74. The topological polar surface area (TPSA) is 21.7 Å². The van der Waals surface area contributed by atoms with Crippen LogP contribution in [0, 0.1) is 70.0 Å². The maximum Gasteiger partial charge on any atom is 0.0766 e. The summed E-state index contributed by atoms with van der Waals surface area (Å²) >= 11 is 0. The fourth-order valence-electron chi connectivity index (χ4n) is 16.3. The molecule has 2 aliphatic heterocycles. The molecular formula is C50H85NO2. The molecular weight excluding hydrogens is 647 g/mol. The monoisotopic (exact) mass is 732 g/mol. The van der Waals surface area contributed by atoms with Crippen molar-refractivity contribution in [3.8, 4) is 0 Å². The Labute approximate surface area is 328 Å². The van der Waals surface area contributed by atoms with Crippen molar-refractivity contribution < 1.29 is 9.47 Å². The lowest BCUT2D eigenvalue weighted by atomic mass is 9.64. The van der Waals surface area contributed by atoms with Crippen molar-refractivity contribution >= 4 is 0 Å². The van der Waals surface area contributed by atoms with Gasteiger partial charge < -0.3 is 9.47 Å². The van der Waals surface area contributed by atoms with Gasteiger partial charge in [0.15, 0.2) is 0 Å². The Balaban J connectivity index is 0.900. The van der Waals surface area contributed by atoms with Crippen LogP contribution in [0.1, 0.15) is 202 Å². The summed E-state index contributed by atoms with van der Waals surface area (Å²) in [6.07, 6.45) is 38.5. The standard InChI is InChI=1S/C50H85NO2/c1-49(2,3)36-22-14-32(15-23-36)34-18-26-38(27-19-34)51(39-28-20-35(21-29-39)33-16-24-37(25-17-33)50(4,5)6)43-12-9-11-40-41-30-31-45-46(48(41)53-47(40)43)42-10-7-8-13-44(42)52-45/h32-48H,7-31H2,1-6H3. The van der Waals surface area contributed by atoms with Crippen molar-refractivity contribution in [3.63, 3.8) is 0 Å². The third kappa shape index (κ3) is 7.65. The van der Waals surface area contributed by atoms with Crippen molar-refractivity contribution in [3.05, 3.63) is 0 Å². The number of ether oxygens (including phenoxy) is 2. The van der Waals surface area contributed by atoms with E-state index >= 15 is 0 Å². The third-order valence-corrected chi connectivity index (χ3v) is 19.4. The van der Waals surface area contributed by atoms with Gasteiger partial charge in [0.05, 0.1) is 24.4 Å². The van der Waals surface area contributed by atoms with Crippen LogP contribution < -0.4 is 0 Å². The van der Waals surface area contributed by atoms with Crippen LogP contribution in [-0.2, 0) is 9.47 Å². The van der Waals surface area contributed by atoms with E-state index in [1.165, 1.54) is 161 Å². The summed E-state index contributed by atoms with van der Waals surface area (Å²) in [6.45, 7) is 15.0. The van der Waals surface area contributed by atoms with Gasteiger partial charge in [0.2, 0.25) is 0 Å². The zero-order chi connectivity index (χ0) is 36.5. The Morgan fingerprint density at radius 1 is 0.377 bits per heavy atom. The van der Waals surface area contributed by atoms with E-state index in [9.17, 15) is 0 Å². The lowest BCUT2D eigenvalue weighted by Gasteiger charge is -2.52. The Bertz CT molecular complexity index is 1130. The second-order valence-corrected chi connectivity index (χ2v) is 23.7. The molecule has 7 aliphatic carbocycles. The molecule has 0 aromatic heterocycles. The van der Waals surface area contributed by atoms with Crippen LogP contribution in [0.3, 0.4) is 0 Å². The molecule has 9 unspecified atom stereocenters. The molecule has 53 heavy (non-hydrogen) atoms. The molecule has 0 N–H and O–H groups in total. The van der Waals surface area contributed by atoms with Crippen LogP contribution in [0.4, 0.5) is 0 Å². The van der Waals surface area contributed by atoms with Gasteiger partial charge in [-0.1, -0.05) is 60.8 Å². The van der Waals surface area contributed by atoms with Crippen LogP contribution in [0.5, 0.6) is 0 Å². The smallest absolute Gasteiger partial charge is 0.0766 e. The molecule has 9 fully saturated rings. The minimum atomic E-state index is 0.495. The molecule has 9 atom stereocenters. The summed E-state index contributed by atoms with van der Waals surface area (Å²) in [5.41, 5.74) is 0.991. The first kappa shape index (κ1) is 38.4. The van der Waals surface area contributed by atoms with Crippen molar-refractivity contribution in [2.24, 2.45) is 70.0 Å². The molecule has 7 saturated carbocycles. The maximum absolute atomic E-state index is 7.69. The van der Waals surface area contributed by atoms with Crippen LogP contribution >= 0.6 is 0 Å². The van der Waals surface area contributed by atoms with Crippen LogP contribution in [0.15, 0.2) is 0 Å². The molecule has 2 heterocycles. The number of rotatable bonds is 5. The molecule has 2 saturated heterocycles. The second kappa shape index (κ2) is 15.6. The van der Waals surface area contributed by atoms with E-state index in [-0.39, 0.29) is 0 Å². The van der Waals surface area contributed by atoms with E-state index < -0.39 is 0 Å². The summed E-state index contributed by atoms with van der Waals surface area (Å²) in [4.78, 5) is 3.31. The molecule has 3 nitrogen and oxygen atoms in total. The highest BCUT2D eigenvalue weighted by Gasteiger charge is 2.61. The molecule has 9 aliphatic rings. The van der Waals surface area contributed by atoms with Gasteiger partial charge in [-0.3, -0.25) is 4.90 Å². The van der Waals surface area contributed by atoms with Gasteiger partial charge in [0, 0.05) is 24.0 Å². The minimum absolute atomic E-state index is 0.495. The highest BCUT2D eigenvalue weighted by atomic mass is 16.5. The highest BCUT2D eigenvalue weighted by Crippen LogP contribution is 2.58. The van der Waals surface area contributed by atoms with E-state index in [2.05, 4.69) is 46.4 Å². The second-order valence-electron chi connectivity index (χ2n) is 23.7. The fourth-order valence-corrected chi connectivity index (χ4v) is 16.3. The molecule has 9 rings (SSSR count). The summed E-state index contributed by atoms with van der Waals surface area (Å²) in [5.74, 6) is 9.03. The fraction of sp³-hybridized carbons (Fsp3) is 1.00. The van der Waals surface area contributed by atoms with Crippen molar-refractivity contribution in [2.45, 2.75) is 245 Å². The number of hydrogen-bond donors (Lipinski definition) is 0. The van der Waals surface area contributed by atoms with Crippen LogP contribution in [-0.4, -0.2) is 47.4 Å². The van der Waals surface area contributed by atoms with Gasteiger partial charge in [-0.2, -0.15) is 0 Å². The first-order valence-corrected chi connectivity index (χ1v) is 24.6. The Morgan fingerprint density at radius 3 is 1.38 bits per heavy atom. The predicted molar refractivity (Wildman–Crippen MR) is 220 cm³/mol. The lowest BCUT2D eigenvalue weighted by Crippen LogP contribution is -2.58. The van der Waals surface area contributed by atoms with Crippen LogP contribution in [0.2, 0.25) is 0 Å². The zero-order valence-corrected chi connectivity index (χ0v) is 35.8. The van der Waals surface area contributed by atoms with E-state index in [0.717, 1.165) is 65.3 Å². The quantitative estimate of drug-likeness (QED) is 0.281. The average molecular weight is 732 g/mol. The zero-order valence-electron chi connectivity index (χ0n) is 35.8. The number of nitrogens with zero attached hydrogens (tertiary/aromatic N) is 1. The van der Waals surface area contributed by atoms with Crippen molar-refractivity contribution in [2.75, 3.05) is 0 Å². The summed E-state index contributed by atoms with van der Waals surface area (Å²) in [5, 5.41) is 0. The molecule has 0 spiro atoms. The summed E-state index contributed by atoms with van der Waals surface area (Å²) in [7, 11) is 0. The number of hydrogen-bond acceptors (Lipinski definition) is 3. The Hall–Kier alpha value is -0.120. The molecule has 0 aromatic rings. The van der Waals surface area contributed by atoms with Crippen molar-refractivity contribution in [1.82, 2.24) is 4.90 Å². The SMILES string of the molecule is CC(C)(C)C1CCC(C2CCC(N(C3CCC(C4CCC(C(C)(C)C)CC4)CC3)C3CCCC4C5CCC6OC7CCCCC7C6C5OC43)CC2)CC1. The van der Waals surface area contributed by atoms with Gasteiger partial charge in [0.25, 0.3) is 0 Å². The van der Waals surface area contributed by atoms with E-state index in [4.69, 9.17) is 9.47 Å². The van der Waals surface area contributed by atoms with Crippen LogP contribution in [0.25, 0.3) is 0 Å². The van der Waals surface area contributed by atoms with Gasteiger partial charge >= 0.3 is 0 Å². The third-order valence-electron chi connectivity index (χ3n) is 19.4. The largest absolute Gasteiger partial charge is 0.374 e. The Morgan fingerprint density at radius 2 is 0.849 bits per heavy atom. The molecule has 0 bridgehead atoms. The molecule has 0 radical (unpaired) electrons. The van der Waals surface area contributed by atoms with E-state index in [1.807, 2.05) is 0 Å². The normalized spacial score (nSPS) is 49.5. The Kier molecular flexibility index (Phi) is 11.3. The van der Waals surface area contributed by atoms with Gasteiger partial charge in [0.1, 0.15) is 0 Å². The van der Waals surface area contributed by atoms with E-state index in [1.54, 1.807) is 0 Å². The first-order valence-electron chi connectivity index (χ1n) is 24.6. The molecule has 0 amide bonds. The maximum atomic E-state index is 7.69. The lowest BCUT2D eigenvalue weighted by molar-refractivity contribution is -0.105. The summed E-state index contributed by atoms with van der Waals surface area (Å²) in [6, 6.07) is 2.29. The highest BCUT2D eigenvalue weighted by molar-refractivity contribution is 5.10. The molecule has 302 valence electrons.